The van der Waals surface area contributed by atoms with Crippen LogP contribution in [0.5, 0.6) is 0 Å². The Balaban J connectivity index is 2.62. The van der Waals surface area contributed by atoms with Crippen LogP contribution in [0.4, 0.5) is 4.79 Å². The van der Waals surface area contributed by atoms with E-state index in [4.69, 9.17) is 11.5 Å². The summed E-state index contributed by atoms with van der Waals surface area (Å²) in [6.07, 6.45) is 10.9. The SMILES string of the molecule is C#CCC(CC)NC(=O)NC1(CC(=O)O)CCCCC1. The zero-order valence-electron chi connectivity index (χ0n) is 12.1. The van der Waals surface area contributed by atoms with Crippen molar-refractivity contribution in [2.45, 2.75) is 69.9 Å². The van der Waals surface area contributed by atoms with Crippen molar-refractivity contribution in [2.75, 3.05) is 0 Å². The first-order valence-corrected chi connectivity index (χ1v) is 7.25. The van der Waals surface area contributed by atoms with Crippen LogP contribution in [0, 0.1) is 12.3 Å². The lowest BCUT2D eigenvalue weighted by Gasteiger charge is -2.37. The van der Waals surface area contributed by atoms with Crippen molar-refractivity contribution in [3.8, 4) is 12.3 Å². The third-order valence-electron chi connectivity index (χ3n) is 3.87. The zero-order chi connectivity index (χ0) is 15.0. The number of aliphatic carboxylic acids is 1. The van der Waals surface area contributed by atoms with Crippen LogP contribution in [-0.2, 0) is 4.79 Å². The number of terminal acetylenes is 1. The molecule has 1 fully saturated rings. The molecule has 1 unspecified atom stereocenters. The van der Waals surface area contributed by atoms with Crippen molar-refractivity contribution < 1.29 is 14.7 Å². The van der Waals surface area contributed by atoms with Gasteiger partial charge in [0.1, 0.15) is 0 Å². The molecule has 1 saturated carbocycles. The lowest BCUT2D eigenvalue weighted by molar-refractivity contribution is -0.139. The van der Waals surface area contributed by atoms with E-state index in [-0.39, 0.29) is 18.5 Å². The van der Waals surface area contributed by atoms with Crippen molar-refractivity contribution in [3.05, 3.63) is 0 Å². The first kappa shape index (κ1) is 16.4. The van der Waals surface area contributed by atoms with Gasteiger partial charge in [0.15, 0.2) is 0 Å². The average Bonchev–Trinajstić information content (AvgIpc) is 2.37. The van der Waals surface area contributed by atoms with Crippen LogP contribution in [0.25, 0.3) is 0 Å². The Morgan fingerprint density at radius 3 is 2.50 bits per heavy atom. The maximum absolute atomic E-state index is 12.1. The molecule has 0 radical (unpaired) electrons. The van der Waals surface area contributed by atoms with Crippen molar-refractivity contribution in [1.82, 2.24) is 10.6 Å². The molecule has 112 valence electrons. The minimum Gasteiger partial charge on any atom is -0.481 e. The summed E-state index contributed by atoms with van der Waals surface area (Å²) < 4.78 is 0. The highest BCUT2D eigenvalue weighted by Crippen LogP contribution is 2.31. The highest BCUT2D eigenvalue weighted by Gasteiger charge is 2.36. The van der Waals surface area contributed by atoms with Crippen molar-refractivity contribution in [2.24, 2.45) is 0 Å². The molecule has 0 aromatic rings. The number of amides is 2. The molecular weight excluding hydrogens is 256 g/mol. The molecule has 3 N–H and O–H groups in total. The van der Waals surface area contributed by atoms with Gasteiger partial charge < -0.3 is 15.7 Å². The van der Waals surface area contributed by atoms with Gasteiger partial charge in [-0.1, -0.05) is 26.2 Å². The second kappa shape index (κ2) is 7.78. The minimum absolute atomic E-state index is 0.0215. The molecule has 5 nitrogen and oxygen atoms in total. The van der Waals surface area contributed by atoms with Crippen LogP contribution in [0.2, 0.25) is 0 Å². The standard InChI is InChI=1S/C15H24N2O3/c1-3-8-12(4-2)16-14(20)17-15(11-13(18)19)9-6-5-7-10-15/h1,12H,4-11H2,2H3,(H,18,19)(H2,16,17,20). The molecule has 1 aliphatic carbocycles. The summed E-state index contributed by atoms with van der Waals surface area (Å²) >= 11 is 0. The van der Waals surface area contributed by atoms with E-state index in [2.05, 4.69) is 16.6 Å². The fraction of sp³-hybridized carbons (Fsp3) is 0.733. The molecule has 0 aromatic heterocycles. The van der Waals surface area contributed by atoms with Gasteiger partial charge in [0.25, 0.3) is 0 Å². The van der Waals surface area contributed by atoms with Crippen molar-refractivity contribution >= 4 is 12.0 Å². The topological polar surface area (TPSA) is 78.4 Å². The highest BCUT2D eigenvalue weighted by molar-refractivity contribution is 5.77. The van der Waals surface area contributed by atoms with E-state index in [0.717, 1.165) is 38.5 Å². The second-order valence-electron chi connectivity index (χ2n) is 5.52. The molecule has 0 aliphatic heterocycles. The molecule has 0 heterocycles. The fourth-order valence-corrected chi connectivity index (χ4v) is 2.77. The zero-order valence-corrected chi connectivity index (χ0v) is 12.1. The summed E-state index contributed by atoms with van der Waals surface area (Å²) in [5.74, 6) is 1.66. The van der Waals surface area contributed by atoms with E-state index < -0.39 is 11.5 Å². The first-order valence-electron chi connectivity index (χ1n) is 7.25. The van der Waals surface area contributed by atoms with E-state index >= 15 is 0 Å². The molecule has 1 rings (SSSR count). The smallest absolute Gasteiger partial charge is 0.315 e. The third-order valence-corrected chi connectivity index (χ3v) is 3.87. The predicted molar refractivity (Wildman–Crippen MR) is 77.3 cm³/mol. The average molecular weight is 280 g/mol. The number of carbonyl (C=O) groups is 2. The molecular formula is C15H24N2O3. The van der Waals surface area contributed by atoms with Gasteiger partial charge in [-0.3, -0.25) is 4.79 Å². The summed E-state index contributed by atoms with van der Waals surface area (Å²) in [6, 6.07) is -0.374. The predicted octanol–water partition coefficient (Wildman–Crippen LogP) is 2.27. The molecule has 0 aromatic carbocycles. The van der Waals surface area contributed by atoms with Gasteiger partial charge in [-0.2, -0.15) is 0 Å². The summed E-state index contributed by atoms with van der Waals surface area (Å²) in [5.41, 5.74) is -0.609. The molecule has 0 spiro atoms. The largest absolute Gasteiger partial charge is 0.481 e. The molecule has 20 heavy (non-hydrogen) atoms. The Bertz CT molecular complexity index is 381. The minimum atomic E-state index is -0.872. The number of carboxylic acids is 1. The van der Waals surface area contributed by atoms with Gasteiger partial charge in [0, 0.05) is 12.5 Å². The molecule has 1 atom stereocenters. The molecule has 0 bridgehead atoms. The number of carboxylic acid groups (broad SMARTS) is 1. The number of nitrogens with one attached hydrogen (secondary N) is 2. The summed E-state index contributed by atoms with van der Waals surface area (Å²) in [4.78, 5) is 23.1. The Hall–Kier alpha value is -1.70. The van der Waals surface area contributed by atoms with Gasteiger partial charge in [-0.15, -0.1) is 12.3 Å². The second-order valence-corrected chi connectivity index (χ2v) is 5.52. The lowest BCUT2D eigenvalue weighted by Crippen LogP contribution is -2.55. The van der Waals surface area contributed by atoms with Crippen LogP contribution in [-0.4, -0.2) is 28.7 Å². The maximum Gasteiger partial charge on any atom is 0.315 e. The summed E-state index contributed by atoms with van der Waals surface area (Å²) in [6.45, 7) is 1.95. The van der Waals surface area contributed by atoms with E-state index in [9.17, 15) is 9.59 Å². The van der Waals surface area contributed by atoms with E-state index in [1.54, 1.807) is 0 Å². The molecule has 2 amide bonds. The summed E-state index contributed by atoms with van der Waals surface area (Å²) in [7, 11) is 0. The Morgan fingerprint density at radius 1 is 1.35 bits per heavy atom. The van der Waals surface area contributed by atoms with Crippen LogP contribution in [0.3, 0.4) is 0 Å². The van der Waals surface area contributed by atoms with Crippen LogP contribution in [0.15, 0.2) is 0 Å². The number of hydrogen-bond donors (Lipinski definition) is 3. The lowest BCUT2D eigenvalue weighted by atomic mass is 9.79. The van der Waals surface area contributed by atoms with E-state index in [1.165, 1.54) is 0 Å². The quantitative estimate of drug-likeness (QED) is 0.653. The molecule has 0 saturated heterocycles. The Kier molecular flexibility index (Phi) is 6.37. The van der Waals surface area contributed by atoms with Gasteiger partial charge in [0.2, 0.25) is 0 Å². The monoisotopic (exact) mass is 280 g/mol. The Labute approximate surface area is 120 Å². The molecule has 5 heteroatoms. The highest BCUT2D eigenvalue weighted by atomic mass is 16.4. The fourth-order valence-electron chi connectivity index (χ4n) is 2.77. The number of carbonyl (C=O) groups excluding carboxylic acids is 1. The van der Waals surface area contributed by atoms with Crippen LogP contribution in [0.1, 0.15) is 58.3 Å². The normalized spacial score (nSPS) is 18.6. The van der Waals surface area contributed by atoms with Gasteiger partial charge in [-0.05, 0) is 19.3 Å². The van der Waals surface area contributed by atoms with Crippen molar-refractivity contribution in [3.63, 3.8) is 0 Å². The Morgan fingerprint density at radius 2 is 2.00 bits per heavy atom. The van der Waals surface area contributed by atoms with E-state index in [0.29, 0.717) is 6.42 Å². The van der Waals surface area contributed by atoms with Crippen LogP contribution >= 0.6 is 0 Å². The maximum atomic E-state index is 12.1. The third kappa shape index (κ3) is 5.12. The van der Waals surface area contributed by atoms with Gasteiger partial charge in [-0.25, -0.2) is 4.79 Å². The first-order chi connectivity index (χ1) is 9.51. The van der Waals surface area contributed by atoms with Gasteiger partial charge in [0.05, 0.1) is 12.0 Å². The summed E-state index contributed by atoms with van der Waals surface area (Å²) in [5, 5.41) is 14.8. The van der Waals surface area contributed by atoms with Crippen molar-refractivity contribution in [1.29, 1.82) is 0 Å². The van der Waals surface area contributed by atoms with Crippen LogP contribution < -0.4 is 10.6 Å². The number of urea groups is 1. The number of hydrogen-bond acceptors (Lipinski definition) is 2. The number of rotatable bonds is 6. The van der Waals surface area contributed by atoms with Gasteiger partial charge >= 0.3 is 12.0 Å². The molecule has 1 aliphatic rings. The van der Waals surface area contributed by atoms with E-state index in [1.807, 2.05) is 6.92 Å².